The highest BCUT2D eigenvalue weighted by Gasteiger charge is 2.32. The van der Waals surface area contributed by atoms with Gasteiger partial charge in [-0.15, -0.1) is 0 Å². The van der Waals surface area contributed by atoms with Crippen molar-refractivity contribution in [3.63, 3.8) is 0 Å². The molecule has 0 radical (unpaired) electrons. The zero-order valence-corrected chi connectivity index (χ0v) is 13.9. The van der Waals surface area contributed by atoms with Crippen LogP contribution in [-0.2, 0) is 9.84 Å². The standard InChI is InChI=1S/C16H24FNO2S/c1-11-10-16(2,3)8-7-14(11)18-15-9-12(21(4,19)20)5-6-13(15)17/h5-6,9,11,14,18H,7-8,10H2,1-4H3. The highest BCUT2D eigenvalue weighted by molar-refractivity contribution is 7.90. The van der Waals surface area contributed by atoms with E-state index in [9.17, 15) is 12.8 Å². The Labute approximate surface area is 126 Å². The lowest BCUT2D eigenvalue weighted by Crippen LogP contribution is -2.37. The van der Waals surface area contributed by atoms with E-state index in [0.717, 1.165) is 25.5 Å². The normalized spacial score (nSPS) is 25.6. The number of halogens is 1. The lowest BCUT2D eigenvalue weighted by Gasteiger charge is -2.40. The highest BCUT2D eigenvalue weighted by atomic mass is 32.2. The second kappa shape index (κ2) is 5.59. The van der Waals surface area contributed by atoms with Crippen molar-refractivity contribution in [2.75, 3.05) is 11.6 Å². The number of nitrogens with one attached hydrogen (secondary N) is 1. The summed E-state index contributed by atoms with van der Waals surface area (Å²) < 4.78 is 37.1. The molecule has 0 spiro atoms. The van der Waals surface area contributed by atoms with Crippen molar-refractivity contribution in [2.24, 2.45) is 11.3 Å². The van der Waals surface area contributed by atoms with Crippen LogP contribution in [0.3, 0.4) is 0 Å². The van der Waals surface area contributed by atoms with E-state index in [1.165, 1.54) is 18.2 Å². The van der Waals surface area contributed by atoms with Gasteiger partial charge in [0.05, 0.1) is 10.6 Å². The molecule has 0 saturated heterocycles. The first-order valence-corrected chi connectivity index (χ1v) is 9.24. The molecule has 1 saturated carbocycles. The summed E-state index contributed by atoms with van der Waals surface area (Å²) in [5.74, 6) is 0.0227. The fourth-order valence-electron chi connectivity index (χ4n) is 3.21. The molecule has 1 aromatic rings. The molecule has 118 valence electrons. The maximum absolute atomic E-state index is 13.9. The van der Waals surface area contributed by atoms with Crippen LogP contribution in [0.2, 0.25) is 0 Å². The molecule has 0 heterocycles. The van der Waals surface area contributed by atoms with Gasteiger partial charge in [0.1, 0.15) is 5.82 Å². The van der Waals surface area contributed by atoms with Gasteiger partial charge in [-0.25, -0.2) is 12.8 Å². The fraction of sp³-hybridized carbons (Fsp3) is 0.625. The van der Waals surface area contributed by atoms with E-state index in [4.69, 9.17) is 0 Å². The average Bonchev–Trinajstić information content (AvgIpc) is 2.33. The SMILES string of the molecule is CC1CC(C)(C)CCC1Nc1cc(S(C)(=O)=O)ccc1F. The van der Waals surface area contributed by atoms with Crippen LogP contribution in [0.15, 0.2) is 23.1 Å². The third kappa shape index (κ3) is 3.96. The van der Waals surface area contributed by atoms with Gasteiger partial charge in [-0.3, -0.25) is 0 Å². The Kier molecular flexibility index (Phi) is 4.34. The van der Waals surface area contributed by atoms with Crippen molar-refractivity contribution >= 4 is 15.5 Å². The molecule has 2 atom stereocenters. The van der Waals surface area contributed by atoms with Gasteiger partial charge in [-0.2, -0.15) is 0 Å². The van der Waals surface area contributed by atoms with Crippen LogP contribution >= 0.6 is 0 Å². The second-order valence-corrected chi connectivity index (χ2v) is 9.06. The van der Waals surface area contributed by atoms with Gasteiger partial charge in [0.2, 0.25) is 0 Å². The molecule has 1 N–H and O–H groups in total. The Bertz CT molecular complexity index is 625. The van der Waals surface area contributed by atoms with E-state index in [2.05, 4.69) is 26.1 Å². The Morgan fingerprint density at radius 1 is 1.33 bits per heavy atom. The lowest BCUT2D eigenvalue weighted by molar-refractivity contribution is 0.177. The van der Waals surface area contributed by atoms with Crippen molar-refractivity contribution in [2.45, 2.75) is 51.0 Å². The predicted molar refractivity (Wildman–Crippen MR) is 83.7 cm³/mol. The van der Waals surface area contributed by atoms with Crippen LogP contribution < -0.4 is 5.32 Å². The van der Waals surface area contributed by atoms with Crippen molar-refractivity contribution < 1.29 is 12.8 Å². The topological polar surface area (TPSA) is 46.2 Å². The zero-order chi connectivity index (χ0) is 15.8. The molecule has 21 heavy (non-hydrogen) atoms. The number of rotatable bonds is 3. The maximum Gasteiger partial charge on any atom is 0.175 e. The minimum Gasteiger partial charge on any atom is -0.380 e. The van der Waals surface area contributed by atoms with Gasteiger partial charge in [-0.05, 0) is 48.8 Å². The number of hydrogen-bond donors (Lipinski definition) is 1. The monoisotopic (exact) mass is 313 g/mol. The number of anilines is 1. The average molecular weight is 313 g/mol. The largest absolute Gasteiger partial charge is 0.380 e. The summed E-state index contributed by atoms with van der Waals surface area (Å²) in [4.78, 5) is 0.148. The molecule has 1 aliphatic rings. The second-order valence-electron chi connectivity index (χ2n) is 7.05. The van der Waals surface area contributed by atoms with Crippen molar-refractivity contribution in [3.05, 3.63) is 24.0 Å². The van der Waals surface area contributed by atoms with E-state index in [-0.39, 0.29) is 16.6 Å². The van der Waals surface area contributed by atoms with Gasteiger partial charge < -0.3 is 5.32 Å². The summed E-state index contributed by atoms with van der Waals surface area (Å²) in [6.07, 6.45) is 4.27. The van der Waals surface area contributed by atoms with Crippen molar-refractivity contribution in [3.8, 4) is 0 Å². The molecule has 0 amide bonds. The number of sulfone groups is 1. The van der Waals surface area contributed by atoms with Gasteiger partial charge in [-0.1, -0.05) is 20.8 Å². The Balaban J connectivity index is 2.20. The summed E-state index contributed by atoms with van der Waals surface area (Å²) >= 11 is 0. The van der Waals surface area contributed by atoms with Crippen LogP contribution in [0.5, 0.6) is 0 Å². The first-order valence-electron chi connectivity index (χ1n) is 7.35. The van der Waals surface area contributed by atoms with Gasteiger partial charge in [0.15, 0.2) is 9.84 Å². The minimum absolute atomic E-state index is 0.148. The van der Waals surface area contributed by atoms with Crippen molar-refractivity contribution in [1.29, 1.82) is 0 Å². The van der Waals surface area contributed by atoms with Crippen LogP contribution in [0.4, 0.5) is 10.1 Å². The molecule has 3 nitrogen and oxygen atoms in total. The molecule has 0 bridgehead atoms. The van der Waals surface area contributed by atoms with E-state index < -0.39 is 15.7 Å². The quantitative estimate of drug-likeness (QED) is 0.862. The first kappa shape index (κ1) is 16.3. The highest BCUT2D eigenvalue weighted by Crippen LogP contribution is 2.39. The summed E-state index contributed by atoms with van der Waals surface area (Å²) in [7, 11) is -3.32. The van der Waals surface area contributed by atoms with Gasteiger partial charge in [0.25, 0.3) is 0 Å². The fourth-order valence-corrected chi connectivity index (χ4v) is 3.85. The third-order valence-corrected chi connectivity index (χ3v) is 5.51. The van der Waals surface area contributed by atoms with E-state index >= 15 is 0 Å². The summed E-state index contributed by atoms with van der Waals surface area (Å²) in [6, 6.07) is 4.11. The van der Waals surface area contributed by atoms with Gasteiger partial charge >= 0.3 is 0 Å². The Morgan fingerprint density at radius 2 is 2.00 bits per heavy atom. The maximum atomic E-state index is 13.9. The van der Waals surface area contributed by atoms with Crippen LogP contribution in [0.1, 0.15) is 40.0 Å². The summed E-state index contributed by atoms with van der Waals surface area (Å²) in [6.45, 7) is 6.67. The molecule has 2 unspecified atom stereocenters. The Morgan fingerprint density at radius 3 is 2.57 bits per heavy atom. The Hall–Kier alpha value is -1.10. The predicted octanol–water partition coefficient (Wildman–Crippen LogP) is 3.86. The number of benzene rings is 1. The molecule has 5 heteroatoms. The van der Waals surface area contributed by atoms with Crippen LogP contribution in [0, 0.1) is 17.2 Å². The molecule has 2 rings (SSSR count). The van der Waals surface area contributed by atoms with Gasteiger partial charge in [0, 0.05) is 12.3 Å². The molecule has 1 aromatic carbocycles. The lowest BCUT2D eigenvalue weighted by atomic mass is 9.70. The molecule has 0 aliphatic heterocycles. The first-order chi connectivity index (χ1) is 9.58. The summed E-state index contributed by atoms with van der Waals surface area (Å²) in [5.41, 5.74) is 0.611. The molecule has 0 aromatic heterocycles. The molecule has 1 fully saturated rings. The third-order valence-electron chi connectivity index (χ3n) is 4.40. The smallest absolute Gasteiger partial charge is 0.175 e. The number of hydrogen-bond acceptors (Lipinski definition) is 3. The molecule has 1 aliphatic carbocycles. The zero-order valence-electron chi connectivity index (χ0n) is 13.1. The van der Waals surface area contributed by atoms with Crippen LogP contribution in [0.25, 0.3) is 0 Å². The van der Waals surface area contributed by atoms with E-state index in [0.29, 0.717) is 11.3 Å². The summed E-state index contributed by atoms with van der Waals surface area (Å²) in [5, 5.41) is 3.21. The van der Waals surface area contributed by atoms with Crippen molar-refractivity contribution in [1.82, 2.24) is 0 Å². The van der Waals surface area contributed by atoms with Crippen LogP contribution in [-0.4, -0.2) is 20.7 Å². The molecular weight excluding hydrogens is 289 g/mol. The molecular formula is C16H24FNO2S. The minimum atomic E-state index is -3.32. The van der Waals surface area contributed by atoms with E-state index in [1.807, 2.05) is 0 Å². The van der Waals surface area contributed by atoms with E-state index in [1.54, 1.807) is 0 Å².